The maximum absolute atomic E-state index is 2.62. The van der Waals surface area contributed by atoms with Crippen LogP contribution < -0.4 is 9.80 Å². The van der Waals surface area contributed by atoms with E-state index >= 15 is 0 Å². The maximum atomic E-state index is 2.62. The van der Waals surface area contributed by atoms with E-state index in [1.54, 1.807) is 0 Å². The van der Waals surface area contributed by atoms with E-state index in [0.29, 0.717) is 0 Å². The predicted molar refractivity (Wildman–Crippen MR) is 409 cm³/mol. The number of rotatable bonds is 8. The first-order chi connectivity index (χ1) is 46.4. The number of fused-ring (bicyclic) bond motifs is 18. The zero-order chi connectivity index (χ0) is 65.1. The molecule has 0 saturated heterocycles. The number of anilines is 6. The Morgan fingerprint density at radius 3 is 1.04 bits per heavy atom. The lowest BCUT2D eigenvalue weighted by molar-refractivity contribution is 0.591. The van der Waals surface area contributed by atoms with Crippen LogP contribution in [-0.2, 0) is 21.7 Å². The topological polar surface area (TPSA) is 15.3 Å². The van der Waals surface area contributed by atoms with E-state index in [1.165, 1.54) is 154 Å². The fourth-order valence-electron chi connectivity index (χ4n) is 17.4. The molecule has 0 bridgehead atoms. The van der Waals surface area contributed by atoms with Crippen molar-refractivity contribution in [2.45, 2.75) is 90.9 Å². The third-order valence-electron chi connectivity index (χ3n) is 22.3. The van der Waals surface area contributed by atoms with Crippen molar-refractivity contribution in [1.82, 2.24) is 8.80 Å². The first-order valence-electron chi connectivity index (χ1n) is 34.2. The number of aromatic nitrogens is 2. The molecule has 2 aliphatic carbocycles. The van der Waals surface area contributed by atoms with E-state index < -0.39 is 0 Å². The smallest absolute Gasteiger partial charge is 0.0641 e. The van der Waals surface area contributed by atoms with Crippen LogP contribution in [0.3, 0.4) is 0 Å². The first-order valence-corrected chi connectivity index (χ1v) is 34.2. The third kappa shape index (κ3) is 7.84. The highest BCUT2D eigenvalue weighted by Crippen LogP contribution is 2.57. The summed E-state index contributed by atoms with van der Waals surface area (Å²) in [5, 5.41) is 9.97. The van der Waals surface area contributed by atoms with Crippen molar-refractivity contribution in [3.05, 3.63) is 300 Å². The Hall–Kier alpha value is -10.9. The van der Waals surface area contributed by atoms with Crippen molar-refractivity contribution in [3.8, 4) is 44.5 Å². The van der Waals surface area contributed by atoms with Crippen molar-refractivity contribution in [1.29, 1.82) is 0 Å². The summed E-state index contributed by atoms with van der Waals surface area (Å²) in [5.41, 5.74) is 31.6. The summed E-state index contributed by atoms with van der Waals surface area (Å²) in [6.45, 7) is 23.7. The van der Waals surface area contributed by atoms with Crippen LogP contribution in [0.1, 0.15) is 103 Å². The zero-order valence-electron chi connectivity index (χ0n) is 56.2. The molecule has 4 heteroatoms. The van der Waals surface area contributed by atoms with Gasteiger partial charge in [0.1, 0.15) is 0 Å². The number of hydrogen-bond acceptors (Lipinski definition) is 2. The fraction of sp³-hybridized carbons (Fsp3) is 0.152. The second-order valence-corrected chi connectivity index (χ2v) is 30.5. The molecule has 0 atom stereocenters. The lowest BCUT2D eigenvalue weighted by Crippen LogP contribution is -2.17. The van der Waals surface area contributed by atoms with Gasteiger partial charge >= 0.3 is 0 Å². The quantitative estimate of drug-likeness (QED) is 0.151. The Morgan fingerprint density at radius 1 is 0.271 bits per heavy atom. The molecular weight excluding hydrogens is 1160 g/mol. The van der Waals surface area contributed by atoms with Gasteiger partial charge in [0, 0.05) is 76.4 Å². The summed E-state index contributed by atoms with van der Waals surface area (Å²) >= 11 is 0. The highest BCUT2D eigenvalue weighted by Gasteiger charge is 2.39. The molecule has 4 nitrogen and oxygen atoms in total. The SMILES string of the molecule is CC(C)(C)c1ccc2c(c1)c1c(N(c3ccc4c(c3)C(C)(C)c3ccccc3-4)c3ccccc3-c3ccccc3)ccc3c4cc5c(cc4n2c31)c1ccc(N(c2ccc3c(c2)C(C)(C)c2ccccc2-3)c2ccccc2-c2ccccc2)c2c3cc(C(C)(C)C)ccc3n5c12. The molecule has 13 aromatic carbocycles. The second kappa shape index (κ2) is 19.8. The van der Waals surface area contributed by atoms with Crippen LogP contribution in [-0.4, -0.2) is 8.80 Å². The Morgan fingerprint density at radius 2 is 0.635 bits per heavy atom. The van der Waals surface area contributed by atoms with Gasteiger partial charge in [-0.05, 0) is 163 Å². The van der Waals surface area contributed by atoms with Crippen LogP contribution in [0, 0.1) is 0 Å². The largest absolute Gasteiger partial charge is 0.309 e. The number of hydrogen-bond donors (Lipinski definition) is 0. The van der Waals surface area contributed by atoms with Gasteiger partial charge in [-0.1, -0.05) is 251 Å². The van der Waals surface area contributed by atoms with Crippen molar-refractivity contribution in [2.75, 3.05) is 9.80 Å². The molecule has 0 aliphatic heterocycles. The van der Waals surface area contributed by atoms with E-state index in [1.807, 2.05) is 0 Å². The van der Waals surface area contributed by atoms with Crippen LogP contribution in [0.5, 0.6) is 0 Å². The van der Waals surface area contributed by atoms with Gasteiger partial charge in [0.15, 0.2) is 0 Å². The normalized spacial score (nSPS) is 14.1. The monoisotopic (exact) mass is 1230 g/mol. The number of para-hydroxylation sites is 2. The minimum absolute atomic E-state index is 0.0903. The van der Waals surface area contributed by atoms with Crippen LogP contribution in [0.2, 0.25) is 0 Å². The lowest BCUT2D eigenvalue weighted by atomic mass is 9.82. The molecule has 19 rings (SSSR count). The molecule has 462 valence electrons. The lowest BCUT2D eigenvalue weighted by Gasteiger charge is -2.30. The van der Waals surface area contributed by atoms with E-state index in [4.69, 9.17) is 0 Å². The standard InChI is InChI=1S/C92H74N4/c1-89(2,3)57-37-45-79-71(49-57)85-81(93(77-35-23-19-29-61(77)55-25-13-11-14-26-55)59-39-41-65-63-31-17-21-33-73(63)91(7,8)75(65)51-59)47-43-67-69-54-84-70(53-83(69)95(79)87(67)85)68-44-48-82(86-72-50-58(90(4,5)6)38-46-80(72)96(84)88(68)86)94(78-36-24-20-30-62(78)56-27-15-12-16-28-56)60-40-42-66-64-32-18-22-34-74(64)92(9,10)76(66)52-60/h11-54H,1-10H3. The fourth-order valence-corrected chi connectivity index (χ4v) is 17.4. The van der Waals surface area contributed by atoms with Crippen molar-refractivity contribution < 1.29 is 0 Å². The highest BCUT2D eigenvalue weighted by molar-refractivity contribution is 6.32. The summed E-state index contributed by atoms with van der Waals surface area (Å²) in [6, 6.07) is 102. The van der Waals surface area contributed by atoms with Crippen LogP contribution in [0.15, 0.2) is 267 Å². The van der Waals surface area contributed by atoms with Crippen LogP contribution in [0.4, 0.5) is 34.1 Å². The van der Waals surface area contributed by atoms with Gasteiger partial charge in [-0.3, -0.25) is 0 Å². The van der Waals surface area contributed by atoms with Gasteiger partial charge in [-0.15, -0.1) is 0 Å². The highest BCUT2D eigenvalue weighted by atomic mass is 15.2. The summed E-state index contributed by atoms with van der Waals surface area (Å²) in [4.78, 5) is 5.17. The second-order valence-electron chi connectivity index (χ2n) is 30.5. The Bertz CT molecular complexity index is 5720. The molecule has 17 aromatic rings. The Balaban J connectivity index is 0.899. The summed E-state index contributed by atoms with van der Waals surface area (Å²) < 4.78 is 5.25. The van der Waals surface area contributed by atoms with Crippen molar-refractivity contribution in [3.63, 3.8) is 0 Å². The molecule has 0 radical (unpaired) electrons. The molecule has 0 unspecified atom stereocenters. The molecular formula is C92H74N4. The van der Waals surface area contributed by atoms with Crippen LogP contribution in [0.25, 0.3) is 121 Å². The molecule has 0 saturated carbocycles. The van der Waals surface area contributed by atoms with Gasteiger partial charge in [0.2, 0.25) is 0 Å². The third-order valence-corrected chi connectivity index (χ3v) is 22.3. The Labute approximate surface area is 561 Å². The zero-order valence-corrected chi connectivity index (χ0v) is 56.2. The van der Waals surface area contributed by atoms with E-state index in [0.717, 1.165) is 34.1 Å². The van der Waals surface area contributed by atoms with Crippen molar-refractivity contribution in [2.24, 2.45) is 0 Å². The van der Waals surface area contributed by atoms with E-state index in [9.17, 15) is 0 Å². The molecule has 0 fully saturated rings. The molecule has 2 aliphatic rings. The average molecular weight is 1240 g/mol. The van der Waals surface area contributed by atoms with Crippen molar-refractivity contribution >= 4 is 110 Å². The van der Waals surface area contributed by atoms with Gasteiger partial charge < -0.3 is 18.6 Å². The molecule has 0 amide bonds. The van der Waals surface area contributed by atoms with Gasteiger partial charge in [0.25, 0.3) is 0 Å². The molecule has 0 spiro atoms. The van der Waals surface area contributed by atoms with Crippen LogP contribution >= 0.6 is 0 Å². The summed E-state index contributed by atoms with van der Waals surface area (Å²) in [6.07, 6.45) is 0. The predicted octanol–water partition coefficient (Wildman–Crippen LogP) is 25.5. The maximum Gasteiger partial charge on any atom is 0.0641 e. The number of benzene rings is 13. The van der Waals surface area contributed by atoms with Gasteiger partial charge in [-0.2, -0.15) is 0 Å². The molecule has 4 heterocycles. The average Bonchev–Trinajstić information content (AvgIpc) is 1.51. The summed E-state index contributed by atoms with van der Waals surface area (Å²) in [7, 11) is 0. The molecule has 4 aromatic heterocycles. The summed E-state index contributed by atoms with van der Waals surface area (Å²) in [5.74, 6) is 0. The number of nitrogens with zero attached hydrogens (tertiary/aromatic N) is 4. The van der Waals surface area contributed by atoms with Gasteiger partial charge in [-0.25, -0.2) is 0 Å². The Kier molecular flexibility index (Phi) is 11.7. The van der Waals surface area contributed by atoms with E-state index in [-0.39, 0.29) is 21.7 Å². The van der Waals surface area contributed by atoms with Gasteiger partial charge in [0.05, 0.1) is 55.8 Å². The molecule has 0 N–H and O–H groups in total. The minimum Gasteiger partial charge on any atom is -0.309 e. The molecule has 96 heavy (non-hydrogen) atoms. The minimum atomic E-state index is -0.194. The first kappa shape index (κ1) is 56.6. The van der Waals surface area contributed by atoms with E-state index in [2.05, 4.69) is 355 Å².